The molecule has 0 spiro atoms. The van der Waals surface area contributed by atoms with E-state index in [4.69, 9.17) is 9.47 Å². The zero-order valence-corrected chi connectivity index (χ0v) is 22.9. The summed E-state index contributed by atoms with van der Waals surface area (Å²) in [6.45, 7) is 3.36. The molecule has 0 aliphatic carbocycles. The lowest BCUT2D eigenvalue weighted by atomic mass is 10.1. The molecular weight excluding hydrogens is 547 g/mol. The van der Waals surface area contributed by atoms with Crippen molar-refractivity contribution in [1.82, 2.24) is 20.2 Å². The molecule has 0 radical (unpaired) electrons. The van der Waals surface area contributed by atoms with Crippen LogP contribution >= 0.6 is 0 Å². The summed E-state index contributed by atoms with van der Waals surface area (Å²) in [6.07, 6.45) is 3.39. The highest BCUT2D eigenvalue weighted by atomic mass is 19.1. The van der Waals surface area contributed by atoms with Gasteiger partial charge in [-0.25, -0.2) is 19.0 Å². The molecule has 1 aromatic carbocycles. The van der Waals surface area contributed by atoms with Gasteiger partial charge in [0.15, 0.2) is 6.61 Å². The molecule has 2 aromatic heterocycles. The van der Waals surface area contributed by atoms with Crippen molar-refractivity contribution in [3.05, 3.63) is 72.4 Å². The Balaban J connectivity index is 1.13. The summed E-state index contributed by atoms with van der Waals surface area (Å²) in [5.74, 6) is -0.933. The van der Waals surface area contributed by atoms with Gasteiger partial charge in [-0.05, 0) is 42.5 Å². The number of halogens is 1. The van der Waals surface area contributed by atoms with E-state index in [2.05, 4.69) is 15.3 Å². The summed E-state index contributed by atoms with van der Waals surface area (Å²) in [4.78, 5) is 61.3. The number of anilines is 2. The van der Waals surface area contributed by atoms with E-state index < -0.39 is 24.0 Å². The van der Waals surface area contributed by atoms with Crippen LogP contribution in [0.15, 0.2) is 61.1 Å². The smallest absolute Gasteiger partial charge is 0.414 e. The maximum atomic E-state index is 15.1. The number of cyclic esters (lactones) is 1. The van der Waals surface area contributed by atoms with Crippen LogP contribution in [0.25, 0.3) is 11.1 Å². The molecule has 2 fully saturated rings. The second-order valence-electron chi connectivity index (χ2n) is 9.81. The van der Waals surface area contributed by atoms with E-state index in [0.717, 1.165) is 0 Å². The van der Waals surface area contributed by atoms with Crippen LogP contribution in [-0.2, 0) is 19.1 Å². The van der Waals surface area contributed by atoms with E-state index >= 15 is 4.39 Å². The van der Waals surface area contributed by atoms with Gasteiger partial charge >= 0.3 is 12.1 Å². The molecule has 42 heavy (non-hydrogen) atoms. The van der Waals surface area contributed by atoms with E-state index in [1.54, 1.807) is 53.7 Å². The van der Waals surface area contributed by atoms with Crippen LogP contribution in [0.3, 0.4) is 0 Å². The van der Waals surface area contributed by atoms with Gasteiger partial charge in [0.2, 0.25) is 5.91 Å². The second kappa shape index (κ2) is 12.6. The summed E-state index contributed by atoms with van der Waals surface area (Å²) < 4.78 is 25.5. The van der Waals surface area contributed by atoms with E-state index in [0.29, 0.717) is 48.8 Å². The number of ether oxygens (including phenoxy) is 2. The zero-order valence-electron chi connectivity index (χ0n) is 22.9. The Hall–Kier alpha value is -5.07. The van der Waals surface area contributed by atoms with Gasteiger partial charge in [0.25, 0.3) is 5.91 Å². The van der Waals surface area contributed by atoms with Crippen LogP contribution in [-0.4, -0.2) is 90.7 Å². The zero-order chi connectivity index (χ0) is 29.6. The first-order chi connectivity index (χ1) is 20.3. The van der Waals surface area contributed by atoms with Gasteiger partial charge < -0.3 is 24.6 Å². The van der Waals surface area contributed by atoms with Crippen molar-refractivity contribution in [3.8, 4) is 11.1 Å². The largest absolute Gasteiger partial charge is 0.452 e. The van der Waals surface area contributed by atoms with Crippen molar-refractivity contribution in [2.24, 2.45) is 0 Å². The van der Waals surface area contributed by atoms with Gasteiger partial charge in [-0.3, -0.25) is 19.5 Å². The van der Waals surface area contributed by atoms with Gasteiger partial charge in [0.1, 0.15) is 17.7 Å². The van der Waals surface area contributed by atoms with Crippen LogP contribution in [0, 0.1) is 5.82 Å². The first-order valence-electron chi connectivity index (χ1n) is 13.4. The molecule has 0 unspecified atom stereocenters. The number of nitrogens with one attached hydrogen (secondary N) is 1. The van der Waals surface area contributed by atoms with Gasteiger partial charge in [-0.15, -0.1) is 0 Å². The highest BCUT2D eigenvalue weighted by Gasteiger charge is 2.33. The van der Waals surface area contributed by atoms with E-state index in [-0.39, 0.29) is 37.1 Å². The highest BCUT2D eigenvalue weighted by molar-refractivity contribution is 5.91. The first-order valence-corrected chi connectivity index (χ1v) is 13.4. The predicted molar refractivity (Wildman–Crippen MR) is 149 cm³/mol. The minimum absolute atomic E-state index is 0.184. The summed E-state index contributed by atoms with van der Waals surface area (Å²) in [7, 11) is 0. The Kier molecular flexibility index (Phi) is 8.55. The lowest BCUT2D eigenvalue weighted by molar-refractivity contribution is -0.134. The maximum absolute atomic E-state index is 15.1. The predicted octanol–water partition coefficient (Wildman–Crippen LogP) is 2.25. The Morgan fingerprint density at radius 1 is 1.10 bits per heavy atom. The summed E-state index contributed by atoms with van der Waals surface area (Å²) >= 11 is 0. The summed E-state index contributed by atoms with van der Waals surface area (Å²) in [5, 5.41) is 2.61. The molecule has 1 N–H and O–H groups in total. The molecule has 5 rings (SSSR count). The molecule has 13 heteroatoms. The van der Waals surface area contributed by atoms with Crippen LogP contribution in [0.4, 0.5) is 20.7 Å². The number of hydrogen-bond acceptors (Lipinski definition) is 9. The first kappa shape index (κ1) is 28.5. The van der Waals surface area contributed by atoms with Crippen LogP contribution in [0.2, 0.25) is 0 Å². The lowest BCUT2D eigenvalue weighted by Crippen LogP contribution is -2.50. The highest BCUT2D eigenvalue weighted by Crippen LogP contribution is 2.29. The normalized spacial score (nSPS) is 16.7. The number of rotatable bonds is 8. The molecule has 2 aliphatic rings. The molecule has 2 aliphatic heterocycles. The average molecular weight is 577 g/mol. The molecule has 3 amide bonds. The van der Waals surface area contributed by atoms with Gasteiger partial charge in [0, 0.05) is 62.8 Å². The van der Waals surface area contributed by atoms with E-state index in [1.165, 1.54) is 24.1 Å². The molecule has 2 saturated heterocycles. The van der Waals surface area contributed by atoms with Crippen molar-refractivity contribution >= 4 is 35.4 Å². The minimum atomic E-state index is -0.601. The molecule has 4 heterocycles. The van der Waals surface area contributed by atoms with E-state index in [9.17, 15) is 19.2 Å². The fourth-order valence-electron chi connectivity index (χ4n) is 4.71. The van der Waals surface area contributed by atoms with Crippen LogP contribution in [0.5, 0.6) is 0 Å². The van der Waals surface area contributed by atoms with Crippen LogP contribution in [0.1, 0.15) is 17.3 Å². The number of amides is 3. The number of benzene rings is 1. The minimum Gasteiger partial charge on any atom is -0.452 e. The third-order valence-corrected chi connectivity index (χ3v) is 6.96. The van der Waals surface area contributed by atoms with Crippen molar-refractivity contribution < 1.29 is 33.0 Å². The van der Waals surface area contributed by atoms with Crippen molar-refractivity contribution in [3.63, 3.8) is 0 Å². The average Bonchev–Trinajstić information content (AvgIpc) is 3.39. The molecule has 12 nitrogen and oxygen atoms in total. The Morgan fingerprint density at radius 2 is 1.90 bits per heavy atom. The standard InChI is InChI=1S/C29H29FN6O6/c1-19(37)32-16-23-17-36(29(40)42-23)22-5-6-24(25(30)13-22)20-4-7-26(33-15-20)34-9-11-35(12-10-34)27(38)18-41-28(39)21-3-2-8-31-14-21/h2-8,13-15,23H,9-12,16-18H2,1H3,(H,32,37)/t23-/m0/s1. The number of pyridine rings is 2. The molecule has 218 valence electrons. The van der Waals surface area contributed by atoms with Crippen LogP contribution < -0.4 is 15.1 Å². The Labute approximate surface area is 241 Å². The van der Waals surface area contributed by atoms with Gasteiger partial charge in [-0.2, -0.15) is 0 Å². The van der Waals surface area contributed by atoms with Crippen molar-refractivity contribution in [2.75, 3.05) is 55.7 Å². The third kappa shape index (κ3) is 6.62. The number of carbonyl (C=O) groups is 4. The maximum Gasteiger partial charge on any atom is 0.414 e. The number of nitrogens with zero attached hydrogens (tertiary/aromatic N) is 5. The third-order valence-electron chi connectivity index (χ3n) is 6.96. The molecule has 1 atom stereocenters. The fourth-order valence-corrected chi connectivity index (χ4v) is 4.71. The molecule has 0 saturated carbocycles. The summed E-state index contributed by atoms with van der Waals surface area (Å²) in [6, 6.07) is 11.2. The van der Waals surface area contributed by atoms with Gasteiger partial charge in [-0.1, -0.05) is 0 Å². The monoisotopic (exact) mass is 576 g/mol. The second-order valence-corrected chi connectivity index (χ2v) is 9.81. The quantitative estimate of drug-likeness (QED) is 0.401. The number of carbonyl (C=O) groups excluding carboxylic acids is 4. The van der Waals surface area contributed by atoms with Crippen molar-refractivity contribution in [2.45, 2.75) is 13.0 Å². The lowest BCUT2D eigenvalue weighted by Gasteiger charge is -2.35. The number of aromatic nitrogens is 2. The molecular formula is C29H29FN6O6. The number of hydrogen-bond donors (Lipinski definition) is 1. The van der Waals surface area contributed by atoms with Gasteiger partial charge in [0.05, 0.1) is 24.3 Å². The fraction of sp³-hybridized carbons (Fsp3) is 0.310. The Morgan fingerprint density at radius 3 is 2.57 bits per heavy atom. The number of esters is 1. The molecule has 0 bridgehead atoms. The molecule has 3 aromatic rings. The SMILES string of the molecule is CC(=O)NC[C@H]1CN(c2ccc(-c3ccc(N4CCN(C(=O)COC(=O)c5cccnc5)CC4)nc3)c(F)c2)C(=O)O1. The number of piperazine rings is 1. The van der Waals surface area contributed by atoms with E-state index in [1.807, 2.05) is 4.90 Å². The van der Waals surface area contributed by atoms with Crippen molar-refractivity contribution in [1.29, 1.82) is 0 Å². The Bertz CT molecular complexity index is 1460. The topological polar surface area (TPSA) is 134 Å². The summed E-state index contributed by atoms with van der Waals surface area (Å²) in [5.41, 5.74) is 1.54.